The fourth-order valence-electron chi connectivity index (χ4n) is 2.27. The van der Waals surface area contributed by atoms with Crippen molar-refractivity contribution < 1.29 is 9.21 Å². The lowest BCUT2D eigenvalue weighted by atomic mass is 10.1. The molecule has 0 fully saturated rings. The SMILES string of the molecule is Cc1cc(NC(=O)CCl)nc2c1c(=O)oc1ccccc12. The number of hydrogen-bond acceptors (Lipinski definition) is 4. The van der Waals surface area contributed by atoms with Crippen LogP contribution in [0.2, 0.25) is 0 Å². The Labute approximate surface area is 124 Å². The summed E-state index contributed by atoms with van der Waals surface area (Å²) in [6.45, 7) is 1.77. The lowest BCUT2D eigenvalue weighted by molar-refractivity contribution is -0.113. The molecule has 3 rings (SSSR count). The first-order valence-electron chi connectivity index (χ1n) is 6.29. The van der Waals surface area contributed by atoms with Crippen molar-refractivity contribution in [3.8, 4) is 0 Å². The molecule has 0 aliphatic heterocycles. The molecule has 0 aliphatic carbocycles. The number of halogens is 1. The Kier molecular flexibility index (Phi) is 3.35. The van der Waals surface area contributed by atoms with Gasteiger partial charge in [-0.25, -0.2) is 9.78 Å². The highest BCUT2D eigenvalue weighted by Crippen LogP contribution is 2.25. The van der Waals surface area contributed by atoms with E-state index in [2.05, 4.69) is 10.3 Å². The van der Waals surface area contributed by atoms with E-state index < -0.39 is 5.63 Å². The van der Waals surface area contributed by atoms with Crippen LogP contribution in [0, 0.1) is 6.92 Å². The molecule has 0 atom stereocenters. The Morgan fingerprint density at radius 1 is 1.38 bits per heavy atom. The van der Waals surface area contributed by atoms with Gasteiger partial charge in [0.2, 0.25) is 5.91 Å². The van der Waals surface area contributed by atoms with Crippen LogP contribution < -0.4 is 10.9 Å². The molecule has 6 heteroatoms. The molecule has 106 valence electrons. The summed E-state index contributed by atoms with van der Waals surface area (Å²) in [5.74, 6) is -0.146. The number of carbonyl (C=O) groups excluding carboxylic acids is 1. The van der Waals surface area contributed by atoms with Gasteiger partial charge >= 0.3 is 5.63 Å². The second kappa shape index (κ2) is 5.18. The Morgan fingerprint density at radius 3 is 2.90 bits per heavy atom. The van der Waals surface area contributed by atoms with E-state index in [1.54, 1.807) is 25.1 Å². The molecule has 2 heterocycles. The molecule has 1 amide bonds. The molecule has 0 aliphatic rings. The van der Waals surface area contributed by atoms with Gasteiger partial charge in [-0.3, -0.25) is 4.79 Å². The molecule has 0 saturated heterocycles. The predicted molar refractivity (Wildman–Crippen MR) is 81.9 cm³/mol. The number of rotatable bonds is 2. The van der Waals surface area contributed by atoms with Crippen molar-refractivity contribution >= 4 is 45.2 Å². The Morgan fingerprint density at radius 2 is 2.14 bits per heavy atom. The summed E-state index contributed by atoms with van der Waals surface area (Å²) in [6, 6.07) is 8.77. The number of pyridine rings is 1. The molecular weight excluding hydrogens is 292 g/mol. The second-order valence-electron chi connectivity index (χ2n) is 4.62. The minimum absolute atomic E-state index is 0.156. The average molecular weight is 303 g/mol. The van der Waals surface area contributed by atoms with Gasteiger partial charge in [0, 0.05) is 5.39 Å². The average Bonchev–Trinajstić information content (AvgIpc) is 2.46. The van der Waals surface area contributed by atoms with Gasteiger partial charge in [-0.15, -0.1) is 11.6 Å². The van der Waals surface area contributed by atoms with Crippen LogP contribution >= 0.6 is 11.6 Å². The third kappa shape index (κ3) is 2.36. The third-order valence-electron chi connectivity index (χ3n) is 3.15. The molecule has 1 aromatic carbocycles. The Balaban J connectivity index is 2.36. The standard InChI is InChI=1S/C15H11ClN2O3/c1-8-6-11(17-12(19)7-16)18-14-9-4-2-3-5-10(9)21-15(20)13(8)14/h2-6H,7H2,1H3,(H,17,18,19). The van der Waals surface area contributed by atoms with E-state index in [0.717, 1.165) is 5.39 Å². The molecule has 5 nitrogen and oxygen atoms in total. The number of fused-ring (bicyclic) bond motifs is 3. The number of aromatic nitrogens is 1. The van der Waals surface area contributed by atoms with Crippen LogP contribution in [0.3, 0.4) is 0 Å². The van der Waals surface area contributed by atoms with Crippen molar-refractivity contribution in [2.24, 2.45) is 0 Å². The summed E-state index contributed by atoms with van der Waals surface area (Å²) in [6.07, 6.45) is 0. The Bertz CT molecular complexity index is 918. The lowest BCUT2D eigenvalue weighted by Gasteiger charge is -2.08. The van der Waals surface area contributed by atoms with Gasteiger partial charge in [0.05, 0.1) is 10.9 Å². The zero-order valence-corrected chi connectivity index (χ0v) is 11.9. The van der Waals surface area contributed by atoms with Crippen LogP contribution in [-0.2, 0) is 4.79 Å². The summed E-state index contributed by atoms with van der Waals surface area (Å²) < 4.78 is 5.29. The second-order valence-corrected chi connectivity index (χ2v) is 4.88. The number of benzene rings is 1. The topological polar surface area (TPSA) is 72.2 Å². The fraction of sp³-hybridized carbons (Fsp3) is 0.133. The van der Waals surface area contributed by atoms with Gasteiger partial charge < -0.3 is 9.73 Å². The maximum Gasteiger partial charge on any atom is 0.346 e. The first-order chi connectivity index (χ1) is 10.1. The number of nitrogens with one attached hydrogen (secondary N) is 1. The highest BCUT2D eigenvalue weighted by Gasteiger charge is 2.13. The van der Waals surface area contributed by atoms with E-state index in [0.29, 0.717) is 27.9 Å². The minimum Gasteiger partial charge on any atom is -0.422 e. The van der Waals surface area contributed by atoms with Crippen molar-refractivity contribution in [2.75, 3.05) is 11.2 Å². The van der Waals surface area contributed by atoms with E-state index in [1.807, 2.05) is 12.1 Å². The zero-order valence-electron chi connectivity index (χ0n) is 11.1. The monoisotopic (exact) mass is 302 g/mol. The summed E-state index contributed by atoms with van der Waals surface area (Å²) in [4.78, 5) is 27.8. The first kappa shape index (κ1) is 13.6. The Hall–Kier alpha value is -2.40. The zero-order chi connectivity index (χ0) is 15.0. The van der Waals surface area contributed by atoms with Crippen molar-refractivity contribution in [1.29, 1.82) is 0 Å². The van der Waals surface area contributed by atoms with Gasteiger partial charge in [0.15, 0.2) is 0 Å². The van der Waals surface area contributed by atoms with E-state index in [-0.39, 0.29) is 11.8 Å². The lowest BCUT2D eigenvalue weighted by Crippen LogP contribution is -2.14. The molecular formula is C15H11ClN2O3. The molecule has 1 N–H and O–H groups in total. The molecule has 3 aromatic rings. The maximum atomic E-state index is 12.1. The number of nitrogens with zero attached hydrogens (tertiary/aromatic N) is 1. The number of hydrogen-bond donors (Lipinski definition) is 1. The summed E-state index contributed by atoms with van der Waals surface area (Å²) in [5.41, 5.74) is 1.21. The van der Waals surface area contributed by atoms with Gasteiger partial charge in [0.25, 0.3) is 0 Å². The third-order valence-corrected chi connectivity index (χ3v) is 3.40. The van der Waals surface area contributed by atoms with Crippen LogP contribution in [0.15, 0.2) is 39.5 Å². The van der Waals surface area contributed by atoms with Gasteiger partial charge in [-0.2, -0.15) is 0 Å². The molecule has 0 spiro atoms. The molecule has 21 heavy (non-hydrogen) atoms. The number of amides is 1. The van der Waals surface area contributed by atoms with Crippen LogP contribution in [0.4, 0.5) is 5.82 Å². The normalized spacial score (nSPS) is 11.0. The van der Waals surface area contributed by atoms with Gasteiger partial charge in [-0.05, 0) is 30.7 Å². The highest BCUT2D eigenvalue weighted by atomic mass is 35.5. The van der Waals surface area contributed by atoms with Crippen molar-refractivity contribution in [2.45, 2.75) is 6.92 Å². The molecule has 0 bridgehead atoms. The van der Waals surface area contributed by atoms with Crippen LogP contribution in [-0.4, -0.2) is 16.8 Å². The summed E-state index contributed by atoms with van der Waals surface area (Å²) >= 11 is 5.48. The number of anilines is 1. The smallest absolute Gasteiger partial charge is 0.346 e. The number of alkyl halides is 1. The van der Waals surface area contributed by atoms with Crippen molar-refractivity contribution in [3.05, 3.63) is 46.3 Å². The maximum absolute atomic E-state index is 12.1. The highest BCUT2D eigenvalue weighted by molar-refractivity contribution is 6.29. The molecule has 2 aromatic heterocycles. The number of para-hydroxylation sites is 1. The van der Waals surface area contributed by atoms with Gasteiger partial charge in [0.1, 0.15) is 17.3 Å². The summed E-state index contributed by atoms with van der Waals surface area (Å²) in [5, 5.41) is 3.73. The largest absolute Gasteiger partial charge is 0.422 e. The number of aryl methyl sites for hydroxylation is 1. The van der Waals surface area contributed by atoms with Crippen molar-refractivity contribution in [1.82, 2.24) is 4.98 Å². The predicted octanol–water partition coefficient (Wildman–Crippen LogP) is 2.83. The summed E-state index contributed by atoms with van der Waals surface area (Å²) in [7, 11) is 0. The van der Waals surface area contributed by atoms with Crippen LogP contribution in [0.5, 0.6) is 0 Å². The fourth-order valence-corrected chi connectivity index (χ4v) is 2.33. The quantitative estimate of drug-likeness (QED) is 0.449. The molecule has 0 unspecified atom stereocenters. The molecule has 0 radical (unpaired) electrons. The van der Waals surface area contributed by atoms with E-state index in [1.165, 1.54) is 0 Å². The first-order valence-corrected chi connectivity index (χ1v) is 6.82. The van der Waals surface area contributed by atoms with E-state index in [9.17, 15) is 9.59 Å². The minimum atomic E-state index is -0.441. The van der Waals surface area contributed by atoms with Crippen LogP contribution in [0.25, 0.3) is 21.9 Å². The van der Waals surface area contributed by atoms with E-state index >= 15 is 0 Å². The van der Waals surface area contributed by atoms with Crippen LogP contribution in [0.1, 0.15) is 5.56 Å². The van der Waals surface area contributed by atoms with E-state index in [4.69, 9.17) is 16.0 Å². The van der Waals surface area contributed by atoms with Gasteiger partial charge in [-0.1, -0.05) is 12.1 Å². The molecule has 0 saturated carbocycles. The van der Waals surface area contributed by atoms with Crippen molar-refractivity contribution in [3.63, 3.8) is 0 Å². The number of carbonyl (C=O) groups is 1.